The van der Waals surface area contributed by atoms with Crippen molar-refractivity contribution in [1.29, 1.82) is 0 Å². The van der Waals surface area contributed by atoms with Gasteiger partial charge in [-0.3, -0.25) is 4.90 Å². The van der Waals surface area contributed by atoms with Crippen LogP contribution in [0.25, 0.3) is 0 Å². The summed E-state index contributed by atoms with van der Waals surface area (Å²) in [4.78, 5) is 5.19. The van der Waals surface area contributed by atoms with Crippen molar-refractivity contribution in [2.24, 2.45) is 0 Å². The molecule has 1 fully saturated rings. The molecule has 1 aliphatic rings. The van der Waals surface area contributed by atoms with Gasteiger partial charge in [0.2, 0.25) is 5.89 Å². The van der Waals surface area contributed by atoms with E-state index >= 15 is 0 Å². The molecule has 146 valence electrons. The second kappa shape index (κ2) is 8.58. The Morgan fingerprint density at radius 1 is 1.00 bits per heavy atom. The normalized spacial score (nSPS) is 15.0. The van der Waals surface area contributed by atoms with Crippen molar-refractivity contribution < 1.29 is 9.15 Å². The van der Waals surface area contributed by atoms with Crippen molar-refractivity contribution >= 4 is 17.9 Å². The number of para-hydroxylation sites is 1. The van der Waals surface area contributed by atoms with E-state index < -0.39 is 0 Å². The van der Waals surface area contributed by atoms with E-state index in [2.05, 4.69) is 45.2 Å². The summed E-state index contributed by atoms with van der Waals surface area (Å²) in [7, 11) is 1.66. The van der Waals surface area contributed by atoms with Crippen LogP contribution in [0.3, 0.4) is 0 Å². The summed E-state index contributed by atoms with van der Waals surface area (Å²) in [5, 5.41) is 4.58. The Hall–Kier alpha value is -2.64. The highest BCUT2D eigenvalue weighted by Crippen LogP contribution is 2.17. The van der Waals surface area contributed by atoms with Crippen LogP contribution >= 0.6 is 12.2 Å². The molecule has 0 spiro atoms. The minimum atomic E-state index is 0.425. The molecule has 0 N–H and O–H groups in total. The van der Waals surface area contributed by atoms with E-state index in [4.69, 9.17) is 21.4 Å². The molecular weight excluding hydrogens is 372 g/mol. The maximum absolute atomic E-state index is 5.71. The zero-order chi connectivity index (χ0) is 19.3. The fourth-order valence-corrected chi connectivity index (χ4v) is 3.60. The molecule has 3 aromatic rings. The average molecular weight is 397 g/mol. The third-order valence-electron chi connectivity index (χ3n) is 4.99. The number of methoxy groups -OCH3 is 1. The predicted molar refractivity (Wildman–Crippen MR) is 111 cm³/mol. The van der Waals surface area contributed by atoms with Gasteiger partial charge < -0.3 is 14.1 Å². The zero-order valence-corrected chi connectivity index (χ0v) is 16.8. The first-order valence-electron chi connectivity index (χ1n) is 9.43. The van der Waals surface area contributed by atoms with Gasteiger partial charge in [-0.1, -0.05) is 30.3 Å². The van der Waals surface area contributed by atoms with Crippen LogP contribution in [0.15, 0.2) is 59.0 Å². The largest absolute Gasteiger partial charge is 0.497 e. The topological polar surface area (TPSA) is 46.7 Å². The Kier molecular flexibility index (Phi) is 5.73. The molecule has 1 aromatic heterocycles. The summed E-state index contributed by atoms with van der Waals surface area (Å²) in [6.45, 7) is 4.59. The molecule has 0 saturated carbocycles. The first-order chi connectivity index (χ1) is 13.7. The van der Waals surface area contributed by atoms with Crippen molar-refractivity contribution in [3.05, 3.63) is 70.9 Å². The van der Waals surface area contributed by atoms with Gasteiger partial charge in [0.15, 0.2) is 0 Å². The molecule has 28 heavy (non-hydrogen) atoms. The molecule has 0 aliphatic carbocycles. The molecule has 2 aromatic carbocycles. The number of ether oxygens (including phenoxy) is 1. The molecule has 0 amide bonds. The minimum absolute atomic E-state index is 0.425. The summed E-state index contributed by atoms with van der Waals surface area (Å²) in [6.07, 6.45) is 0.614. The average Bonchev–Trinajstić information content (AvgIpc) is 3.08. The van der Waals surface area contributed by atoms with Crippen molar-refractivity contribution in [3.63, 3.8) is 0 Å². The molecule has 0 bridgehead atoms. The van der Waals surface area contributed by atoms with Crippen LogP contribution in [-0.4, -0.2) is 48.0 Å². The third-order valence-corrected chi connectivity index (χ3v) is 5.28. The summed E-state index contributed by atoms with van der Waals surface area (Å²) >= 11 is 5.37. The Morgan fingerprint density at radius 3 is 2.39 bits per heavy atom. The number of nitrogens with zero attached hydrogens (tertiary/aromatic N) is 4. The van der Waals surface area contributed by atoms with E-state index in [1.165, 1.54) is 5.69 Å². The Morgan fingerprint density at radius 2 is 1.71 bits per heavy atom. The lowest BCUT2D eigenvalue weighted by Crippen LogP contribution is -2.46. The maximum Gasteiger partial charge on any atom is 0.288 e. The molecule has 1 aliphatic heterocycles. The molecule has 0 atom stereocenters. The van der Waals surface area contributed by atoms with Crippen LogP contribution < -0.4 is 9.64 Å². The van der Waals surface area contributed by atoms with Gasteiger partial charge in [-0.25, -0.2) is 4.68 Å². The second-order valence-electron chi connectivity index (χ2n) is 6.87. The number of piperazine rings is 1. The fraction of sp³-hybridized carbons (Fsp3) is 0.333. The van der Waals surface area contributed by atoms with E-state index in [0.29, 0.717) is 23.8 Å². The lowest BCUT2D eigenvalue weighted by molar-refractivity contribution is 0.192. The monoisotopic (exact) mass is 396 g/mol. The standard InChI is InChI=1S/C21H24N4O2S/c1-26-19-9-7-17(8-10-19)15-20-22-25(21(28)27-20)16-23-11-13-24(14-12-23)18-5-3-2-4-6-18/h2-10H,11-16H2,1H3. The molecule has 7 heteroatoms. The summed E-state index contributed by atoms with van der Waals surface area (Å²) in [5.74, 6) is 1.47. The maximum atomic E-state index is 5.71. The van der Waals surface area contributed by atoms with Gasteiger partial charge in [-0.05, 0) is 42.0 Å². The van der Waals surface area contributed by atoms with Crippen molar-refractivity contribution in [1.82, 2.24) is 14.7 Å². The number of anilines is 1. The summed E-state index contributed by atoms with van der Waals surface area (Å²) < 4.78 is 12.7. The van der Waals surface area contributed by atoms with Crippen LogP contribution in [0.1, 0.15) is 11.5 Å². The van der Waals surface area contributed by atoms with Gasteiger partial charge >= 0.3 is 0 Å². The Labute approximate surface area is 169 Å². The van der Waals surface area contributed by atoms with E-state index in [-0.39, 0.29) is 0 Å². The number of benzene rings is 2. The Balaban J connectivity index is 1.35. The zero-order valence-electron chi connectivity index (χ0n) is 16.0. The number of hydrogen-bond donors (Lipinski definition) is 0. The highest BCUT2D eigenvalue weighted by atomic mass is 32.1. The molecule has 0 unspecified atom stereocenters. The number of aromatic nitrogens is 2. The molecule has 2 heterocycles. The van der Waals surface area contributed by atoms with Crippen molar-refractivity contribution in [2.45, 2.75) is 13.1 Å². The molecular formula is C21H24N4O2S. The minimum Gasteiger partial charge on any atom is -0.497 e. The molecule has 1 saturated heterocycles. The van der Waals surface area contributed by atoms with Gasteiger partial charge in [0, 0.05) is 31.9 Å². The predicted octanol–water partition coefficient (Wildman–Crippen LogP) is 3.58. The quantitative estimate of drug-likeness (QED) is 0.594. The van der Waals surface area contributed by atoms with E-state index in [1.807, 2.05) is 24.3 Å². The number of rotatable bonds is 6. The molecule has 6 nitrogen and oxygen atoms in total. The smallest absolute Gasteiger partial charge is 0.288 e. The highest BCUT2D eigenvalue weighted by molar-refractivity contribution is 7.71. The van der Waals surface area contributed by atoms with Gasteiger partial charge in [-0.2, -0.15) is 0 Å². The molecule has 0 radical (unpaired) electrons. The SMILES string of the molecule is COc1ccc(Cc2nn(CN3CCN(c4ccccc4)CC3)c(=S)o2)cc1. The van der Waals surface area contributed by atoms with E-state index in [0.717, 1.165) is 37.5 Å². The Bertz CT molecular complexity index is 945. The number of hydrogen-bond acceptors (Lipinski definition) is 6. The lowest BCUT2D eigenvalue weighted by atomic mass is 10.1. The van der Waals surface area contributed by atoms with Crippen molar-refractivity contribution in [2.75, 3.05) is 38.2 Å². The summed E-state index contributed by atoms with van der Waals surface area (Å²) in [5.41, 5.74) is 2.39. The van der Waals surface area contributed by atoms with Crippen LogP contribution in [0.2, 0.25) is 0 Å². The first kappa shape index (κ1) is 18.7. The van der Waals surface area contributed by atoms with Gasteiger partial charge in [0.05, 0.1) is 20.2 Å². The van der Waals surface area contributed by atoms with E-state index in [1.54, 1.807) is 11.8 Å². The van der Waals surface area contributed by atoms with Crippen LogP contribution in [0, 0.1) is 4.84 Å². The van der Waals surface area contributed by atoms with Crippen molar-refractivity contribution in [3.8, 4) is 5.75 Å². The highest BCUT2D eigenvalue weighted by Gasteiger charge is 2.18. The third kappa shape index (κ3) is 4.43. The lowest BCUT2D eigenvalue weighted by Gasteiger charge is -2.35. The van der Waals surface area contributed by atoms with E-state index in [9.17, 15) is 0 Å². The summed E-state index contributed by atoms with van der Waals surface area (Å²) in [6, 6.07) is 18.4. The molecule has 4 rings (SSSR count). The van der Waals surface area contributed by atoms with Gasteiger partial charge in [0.1, 0.15) is 5.75 Å². The van der Waals surface area contributed by atoms with Crippen LogP contribution in [0.5, 0.6) is 5.75 Å². The van der Waals surface area contributed by atoms with Gasteiger partial charge in [0.25, 0.3) is 4.84 Å². The first-order valence-corrected chi connectivity index (χ1v) is 9.84. The fourth-order valence-electron chi connectivity index (χ4n) is 3.40. The van der Waals surface area contributed by atoms with Crippen LogP contribution in [0.4, 0.5) is 5.69 Å². The van der Waals surface area contributed by atoms with Gasteiger partial charge in [-0.15, -0.1) is 5.10 Å². The van der Waals surface area contributed by atoms with Crippen LogP contribution in [-0.2, 0) is 13.1 Å². The second-order valence-corrected chi connectivity index (χ2v) is 7.22.